The third-order valence-corrected chi connectivity index (χ3v) is 4.14. The Kier molecular flexibility index (Phi) is 4.60. The molecule has 2 N–H and O–H groups in total. The Hall–Kier alpha value is -1.11. The Bertz CT molecular complexity index is 590. The number of hydrogen-bond donors (Lipinski definition) is 2. The number of halogens is 1. The van der Waals surface area contributed by atoms with E-state index in [0.29, 0.717) is 0 Å². The summed E-state index contributed by atoms with van der Waals surface area (Å²) in [5.74, 6) is -1.20. The van der Waals surface area contributed by atoms with Crippen LogP contribution in [0.25, 0.3) is 0 Å². The number of benzene rings is 1. The van der Waals surface area contributed by atoms with Crippen molar-refractivity contribution >= 4 is 27.6 Å². The fraction of sp³-hybridized carbons (Fsp3) is 0.417. The molecule has 0 spiro atoms. The monoisotopic (exact) mass is 305 g/mol. The first kappa shape index (κ1) is 15.9. The van der Waals surface area contributed by atoms with E-state index in [1.807, 2.05) is 20.8 Å². The van der Waals surface area contributed by atoms with Crippen molar-refractivity contribution in [1.29, 1.82) is 0 Å². The van der Waals surface area contributed by atoms with Gasteiger partial charge in [0, 0.05) is 6.54 Å². The Labute approximate surface area is 117 Å². The van der Waals surface area contributed by atoms with Gasteiger partial charge < -0.3 is 5.11 Å². The molecule has 106 valence electrons. The highest BCUT2D eigenvalue weighted by atomic mass is 35.5. The molecule has 0 aliphatic rings. The topological polar surface area (TPSA) is 83.5 Å². The quantitative estimate of drug-likeness (QED) is 0.894. The van der Waals surface area contributed by atoms with Gasteiger partial charge in [0.15, 0.2) is 0 Å². The standard InChI is InChI=1S/C12H16ClNO4S/c1-12(2,3)7-14-19(17,18)10-6-8(11(15)16)4-5-9(10)13/h4-6,14H,7H2,1-3H3,(H,15,16). The second kappa shape index (κ2) is 5.48. The molecule has 0 bridgehead atoms. The molecule has 0 amide bonds. The second-order valence-electron chi connectivity index (χ2n) is 5.34. The number of carboxylic acids is 1. The van der Waals surface area contributed by atoms with Crippen LogP contribution in [0.1, 0.15) is 31.1 Å². The van der Waals surface area contributed by atoms with Crippen LogP contribution in [-0.2, 0) is 10.0 Å². The lowest BCUT2D eigenvalue weighted by Crippen LogP contribution is -2.32. The molecule has 1 aromatic rings. The molecule has 0 aliphatic carbocycles. The van der Waals surface area contributed by atoms with Gasteiger partial charge in [-0.3, -0.25) is 0 Å². The zero-order valence-corrected chi connectivity index (χ0v) is 12.5. The number of nitrogens with one attached hydrogen (secondary N) is 1. The normalized spacial score (nSPS) is 12.4. The summed E-state index contributed by atoms with van der Waals surface area (Å²) in [7, 11) is -3.83. The van der Waals surface area contributed by atoms with Gasteiger partial charge in [-0.25, -0.2) is 17.9 Å². The van der Waals surface area contributed by atoms with E-state index < -0.39 is 16.0 Å². The molecule has 0 aromatic heterocycles. The molecule has 0 heterocycles. The molecule has 19 heavy (non-hydrogen) atoms. The minimum atomic E-state index is -3.83. The van der Waals surface area contributed by atoms with Crippen LogP contribution in [0, 0.1) is 5.41 Å². The average Bonchev–Trinajstić information content (AvgIpc) is 2.25. The number of aromatic carboxylic acids is 1. The summed E-state index contributed by atoms with van der Waals surface area (Å²) < 4.78 is 26.6. The van der Waals surface area contributed by atoms with Gasteiger partial charge >= 0.3 is 5.97 Å². The number of rotatable bonds is 4. The summed E-state index contributed by atoms with van der Waals surface area (Å²) in [6.07, 6.45) is 0. The van der Waals surface area contributed by atoms with Crippen molar-refractivity contribution in [2.45, 2.75) is 25.7 Å². The molecule has 1 aromatic carbocycles. The Morgan fingerprint density at radius 1 is 1.37 bits per heavy atom. The van der Waals surface area contributed by atoms with Gasteiger partial charge in [0.1, 0.15) is 4.90 Å². The van der Waals surface area contributed by atoms with Gasteiger partial charge in [0.2, 0.25) is 10.0 Å². The van der Waals surface area contributed by atoms with Crippen molar-refractivity contribution < 1.29 is 18.3 Å². The van der Waals surface area contributed by atoms with Gasteiger partial charge in [0.25, 0.3) is 0 Å². The predicted molar refractivity (Wildman–Crippen MR) is 73.1 cm³/mol. The largest absolute Gasteiger partial charge is 0.478 e. The highest BCUT2D eigenvalue weighted by Gasteiger charge is 2.22. The minimum Gasteiger partial charge on any atom is -0.478 e. The molecule has 0 aliphatic heterocycles. The summed E-state index contributed by atoms with van der Waals surface area (Å²) in [6, 6.07) is 3.57. The van der Waals surface area contributed by atoms with Gasteiger partial charge in [-0.2, -0.15) is 0 Å². The molecule has 0 unspecified atom stereocenters. The molecule has 0 saturated carbocycles. The lowest BCUT2D eigenvalue weighted by molar-refractivity contribution is 0.0696. The number of carboxylic acid groups (broad SMARTS) is 1. The fourth-order valence-corrected chi connectivity index (χ4v) is 3.04. The lowest BCUT2D eigenvalue weighted by atomic mass is 9.98. The Morgan fingerprint density at radius 2 is 1.95 bits per heavy atom. The molecule has 5 nitrogen and oxygen atoms in total. The van der Waals surface area contributed by atoms with Crippen LogP contribution in [0.4, 0.5) is 0 Å². The zero-order chi connectivity index (χ0) is 14.8. The average molecular weight is 306 g/mol. The van der Waals surface area contributed by atoms with E-state index in [1.165, 1.54) is 12.1 Å². The summed E-state index contributed by atoms with van der Waals surface area (Å²) in [4.78, 5) is 10.6. The van der Waals surface area contributed by atoms with Gasteiger partial charge in [-0.15, -0.1) is 0 Å². The number of carbonyl (C=O) groups is 1. The van der Waals surface area contributed by atoms with E-state index in [9.17, 15) is 13.2 Å². The lowest BCUT2D eigenvalue weighted by Gasteiger charge is -2.19. The summed E-state index contributed by atoms with van der Waals surface area (Å²) in [5.41, 5.74) is -0.357. The van der Waals surface area contributed by atoms with Crippen LogP contribution in [0.2, 0.25) is 5.02 Å². The Morgan fingerprint density at radius 3 is 2.42 bits per heavy atom. The van der Waals surface area contributed by atoms with Crippen molar-refractivity contribution in [3.8, 4) is 0 Å². The predicted octanol–water partition coefficient (Wildman–Crippen LogP) is 2.36. The maximum absolute atomic E-state index is 12.1. The van der Waals surface area contributed by atoms with Gasteiger partial charge in [-0.05, 0) is 23.6 Å². The van der Waals surface area contributed by atoms with Crippen LogP contribution < -0.4 is 4.72 Å². The minimum absolute atomic E-state index is 0.00795. The highest BCUT2D eigenvalue weighted by Crippen LogP contribution is 2.23. The maximum atomic E-state index is 12.1. The highest BCUT2D eigenvalue weighted by molar-refractivity contribution is 7.89. The first-order chi connectivity index (χ1) is 8.53. The van der Waals surface area contributed by atoms with Crippen molar-refractivity contribution in [2.75, 3.05) is 6.54 Å². The van der Waals surface area contributed by atoms with Crippen LogP contribution in [-0.4, -0.2) is 26.0 Å². The van der Waals surface area contributed by atoms with Gasteiger partial charge in [0.05, 0.1) is 10.6 Å². The SMILES string of the molecule is CC(C)(C)CNS(=O)(=O)c1cc(C(=O)O)ccc1Cl. The molecule has 7 heteroatoms. The summed E-state index contributed by atoms with van der Waals surface area (Å²) in [5, 5.41) is 8.86. The molecular weight excluding hydrogens is 290 g/mol. The van der Waals surface area contributed by atoms with E-state index in [-0.39, 0.29) is 27.4 Å². The maximum Gasteiger partial charge on any atom is 0.335 e. The van der Waals surface area contributed by atoms with Crippen LogP contribution in [0.15, 0.2) is 23.1 Å². The van der Waals surface area contributed by atoms with E-state index in [1.54, 1.807) is 0 Å². The number of hydrogen-bond acceptors (Lipinski definition) is 3. The van der Waals surface area contributed by atoms with Crippen LogP contribution in [0.3, 0.4) is 0 Å². The first-order valence-electron chi connectivity index (χ1n) is 5.55. The summed E-state index contributed by atoms with van der Waals surface area (Å²) >= 11 is 5.82. The number of sulfonamides is 1. The van der Waals surface area contributed by atoms with E-state index in [0.717, 1.165) is 6.07 Å². The fourth-order valence-electron chi connectivity index (χ4n) is 1.23. The second-order valence-corrected chi connectivity index (χ2v) is 7.48. The molecular formula is C12H16ClNO4S. The molecule has 0 saturated heterocycles. The molecule has 0 fully saturated rings. The van der Waals surface area contributed by atoms with Crippen LogP contribution in [0.5, 0.6) is 0 Å². The molecule has 0 atom stereocenters. The van der Waals surface area contributed by atoms with Crippen molar-refractivity contribution in [1.82, 2.24) is 4.72 Å². The van der Waals surface area contributed by atoms with E-state index in [4.69, 9.17) is 16.7 Å². The Balaban J connectivity index is 3.14. The summed E-state index contributed by atoms with van der Waals surface area (Å²) in [6.45, 7) is 5.86. The van der Waals surface area contributed by atoms with Crippen LogP contribution >= 0.6 is 11.6 Å². The molecule has 0 radical (unpaired) electrons. The zero-order valence-electron chi connectivity index (χ0n) is 10.9. The first-order valence-corrected chi connectivity index (χ1v) is 7.41. The van der Waals surface area contributed by atoms with Crippen molar-refractivity contribution in [2.24, 2.45) is 5.41 Å². The van der Waals surface area contributed by atoms with Crippen molar-refractivity contribution in [3.05, 3.63) is 28.8 Å². The van der Waals surface area contributed by atoms with E-state index in [2.05, 4.69) is 4.72 Å². The van der Waals surface area contributed by atoms with E-state index >= 15 is 0 Å². The third-order valence-electron chi connectivity index (χ3n) is 2.26. The van der Waals surface area contributed by atoms with Gasteiger partial charge in [-0.1, -0.05) is 32.4 Å². The van der Waals surface area contributed by atoms with Crippen molar-refractivity contribution in [3.63, 3.8) is 0 Å². The third kappa shape index (κ3) is 4.49. The smallest absolute Gasteiger partial charge is 0.335 e. The molecule has 1 rings (SSSR count).